The number of hydrogen-bond acceptors (Lipinski definition) is 5. The van der Waals surface area contributed by atoms with Crippen LogP contribution in [0.25, 0.3) is 17.1 Å². The van der Waals surface area contributed by atoms with Gasteiger partial charge in [0.05, 0.1) is 29.0 Å². The van der Waals surface area contributed by atoms with Gasteiger partial charge in [-0.2, -0.15) is 9.90 Å². The van der Waals surface area contributed by atoms with E-state index in [1.54, 1.807) is 45.6 Å². The normalized spacial score (nSPS) is 11.1. The molecule has 0 amide bonds. The summed E-state index contributed by atoms with van der Waals surface area (Å²) < 4.78 is 1.78. The lowest BCUT2D eigenvalue weighted by molar-refractivity contribution is 0.552. The second kappa shape index (κ2) is 8.34. The third-order valence-electron chi connectivity index (χ3n) is 4.06. The van der Waals surface area contributed by atoms with Crippen molar-refractivity contribution in [3.63, 3.8) is 0 Å². The summed E-state index contributed by atoms with van der Waals surface area (Å²) in [5.41, 5.74) is 2.71. The molecule has 0 unspecified atom stereocenters. The Hall–Kier alpha value is -2.35. The van der Waals surface area contributed by atoms with Gasteiger partial charge in [0, 0.05) is 10.8 Å². The molecule has 0 fully saturated rings. The van der Waals surface area contributed by atoms with Crippen molar-refractivity contribution in [1.29, 1.82) is 0 Å². The summed E-state index contributed by atoms with van der Waals surface area (Å²) >= 11 is 14.3. The molecule has 9 heteroatoms. The molecular formula is C19H16Cl2N6S. The highest BCUT2D eigenvalue weighted by Gasteiger charge is 2.20. The Bertz CT molecular complexity index is 1090. The van der Waals surface area contributed by atoms with Gasteiger partial charge in [0.2, 0.25) is 5.82 Å². The van der Waals surface area contributed by atoms with Crippen molar-refractivity contribution < 1.29 is 0 Å². The average molecular weight is 431 g/mol. The third kappa shape index (κ3) is 3.92. The SMILES string of the molecule is CCn1nnc(-c2cnn(-c3cc(Cl)ccc3Cl)c2SCc2ccccc2)n1. The number of thioether (sulfide) groups is 1. The van der Waals surface area contributed by atoms with E-state index in [1.165, 1.54) is 5.56 Å². The van der Waals surface area contributed by atoms with Crippen LogP contribution < -0.4 is 0 Å². The smallest absolute Gasteiger partial charge is 0.209 e. The van der Waals surface area contributed by atoms with E-state index >= 15 is 0 Å². The zero-order valence-electron chi connectivity index (χ0n) is 15.0. The van der Waals surface area contributed by atoms with Crippen LogP contribution in [0.2, 0.25) is 10.0 Å². The van der Waals surface area contributed by atoms with Crippen LogP contribution in [0.5, 0.6) is 0 Å². The fourth-order valence-corrected chi connectivity index (χ4v) is 4.09. The van der Waals surface area contributed by atoms with Crippen LogP contribution >= 0.6 is 35.0 Å². The van der Waals surface area contributed by atoms with E-state index in [4.69, 9.17) is 23.2 Å². The fraction of sp³-hybridized carbons (Fsp3) is 0.158. The minimum atomic E-state index is 0.529. The van der Waals surface area contributed by atoms with Gasteiger partial charge in [0.1, 0.15) is 5.03 Å². The first-order chi connectivity index (χ1) is 13.7. The van der Waals surface area contributed by atoms with Gasteiger partial charge in [-0.1, -0.05) is 53.5 Å². The lowest BCUT2D eigenvalue weighted by Gasteiger charge is -2.10. The largest absolute Gasteiger partial charge is 0.225 e. The Morgan fingerprint density at radius 2 is 1.89 bits per heavy atom. The monoisotopic (exact) mass is 430 g/mol. The maximum absolute atomic E-state index is 6.43. The number of aromatic nitrogens is 6. The van der Waals surface area contributed by atoms with Crippen molar-refractivity contribution in [3.05, 3.63) is 70.3 Å². The van der Waals surface area contributed by atoms with Crippen LogP contribution in [0.4, 0.5) is 0 Å². The Morgan fingerprint density at radius 3 is 2.64 bits per heavy atom. The fourth-order valence-electron chi connectivity index (χ4n) is 2.66. The van der Waals surface area contributed by atoms with Crippen LogP contribution in [-0.2, 0) is 12.3 Å². The Labute approximate surface area is 176 Å². The number of hydrogen-bond donors (Lipinski definition) is 0. The molecule has 0 aliphatic heterocycles. The van der Waals surface area contributed by atoms with E-state index in [-0.39, 0.29) is 0 Å². The molecule has 0 N–H and O–H groups in total. The highest BCUT2D eigenvalue weighted by Crippen LogP contribution is 2.35. The molecular weight excluding hydrogens is 415 g/mol. The molecule has 2 aromatic carbocycles. The summed E-state index contributed by atoms with van der Waals surface area (Å²) in [6.07, 6.45) is 1.74. The minimum absolute atomic E-state index is 0.529. The highest BCUT2D eigenvalue weighted by atomic mass is 35.5. The number of rotatable bonds is 6. The zero-order chi connectivity index (χ0) is 19.5. The average Bonchev–Trinajstić information content (AvgIpc) is 3.35. The summed E-state index contributed by atoms with van der Waals surface area (Å²) in [6, 6.07) is 15.5. The van der Waals surface area contributed by atoms with Crippen LogP contribution in [0, 0.1) is 0 Å². The first kappa shape index (κ1) is 19.0. The van der Waals surface area contributed by atoms with E-state index in [1.807, 2.05) is 25.1 Å². The predicted molar refractivity (Wildman–Crippen MR) is 112 cm³/mol. The topological polar surface area (TPSA) is 61.4 Å². The molecule has 2 aromatic heterocycles. The molecule has 0 aliphatic carbocycles. The molecule has 0 radical (unpaired) electrons. The molecule has 4 rings (SSSR count). The second-order valence-corrected chi connectivity index (χ2v) is 7.75. The molecule has 4 aromatic rings. The summed E-state index contributed by atoms with van der Waals surface area (Å²) in [5, 5.41) is 19.2. The van der Waals surface area contributed by atoms with Gasteiger partial charge >= 0.3 is 0 Å². The van der Waals surface area contributed by atoms with E-state index in [0.29, 0.717) is 28.1 Å². The van der Waals surface area contributed by atoms with Crippen molar-refractivity contribution >= 4 is 35.0 Å². The first-order valence-electron chi connectivity index (χ1n) is 8.64. The minimum Gasteiger partial charge on any atom is -0.225 e. The molecule has 28 heavy (non-hydrogen) atoms. The van der Waals surface area contributed by atoms with Crippen LogP contribution in [0.15, 0.2) is 59.8 Å². The summed E-state index contributed by atoms with van der Waals surface area (Å²) in [7, 11) is 0. The predicted octanol–water partition coefficient (Wildman–Crippen LogP) is 5.14. The highest BCUT2D eigenvalue weighted by molar-refractivity contribution is 7.98. The number of tetrazole rings is 1. The number of benzene rings is 2. The van der Waals surface area contributed by atoms with Gasteiger partial charge in [0.25, 0.3) is 0 Å². The lowest BCUT2D eigenvalue weighted by Crippen LogP contribution is -2.00. The van der Waals surface area contributed by atoms with Crippen LogP contribution in [-0.4, -0.2) is 30.0 Å². The van der Waals surface area contributed by atoms with Crippen molar-refractivity contribution in [3.8, 4) is 17.1 Å². The molecule has 0 saturated carbocycles. The van der Waals surface area contributed by atoms with Crippen LogP contribution in [0.1, 0.15) is 12.5 Å². The zero-order valence-corrected chi connectivity index (χ0v) is 17.3. The number of aryl methyl sites for hydroxylation is 1. The Kier molecular flexibility index (Phi) is 5.66. The quantitative estimate of drug-likeness (QED) is 0.396. The van der Waals surface area contributed by atoms with Gasteiger partial charge < -0.3 is 0 Å². The van der Waals surface area contributed by atoms with Crippen molar-refractivity contribution in [1.82, 2.24) is 30.0 Å². The summed E-state index contributed by atoms with van der Waals surface area (Å²) in [5.74, 6) is 1.29. The number of nitrogens with zero attached hydrogens (tertiary/aromatic N) is 6. The van der Waals surface area contributed by atoms with Crippen LogP contribution in [0.3, 0.4) is 0 Å². The Balaban J connectivity index is 1.78. The third-order valence-corrected chi connectivity index (χ3v) is 5.76. The molecule has 0 spiro atoms. The van der Waals surface area contributed by atoms with Gasteiger partial charge in [0.15, 0.2) is 0 Å². The van der Waals surface area contributed by atoms with Crippen molar-refractivity contribution in [2.45, 2.75) is 24.2 Å². The van der Waals surface area contributed by atoms with Gasteiger partial charge in [-0.3, -0.25) is 0 Å². The summed E-state index contributed by atoms with van der Waals surface area (Å²) in [6.45, 7) is 2.61. The standard InChI is InChI=1S/C19H16Cl2N6S/c1-2-26-24-18(23-25-26)15-11-22-27(17-10-14(20)8-9-16(17)21)19(15)28-12-13-6-4-3-5-7-13/h3-11H,2,12H2,1H3. The van der Waals surface area contributed by atoms with Crippen molar-refractivity contribution in [2.24, 2.45) is 0 Å². The van der Waals surface area contributed by atoms with Crippen molar-refractivity contribution in [2.75, 3.05) is 0 Å². The first-order valence-corrected chi connectivity index (χ1v) is 10.4. The van der Waals surface area contributed by atoms with E-state index in [0.717, 1.165) is 16.3 Å². The maximum atomic E-state index is 6.43. The summed E-state index contributed by atoms with van der Waals surface area (Å²) in [4.78, 5) is 1.55. The van der Waals surface area contributed by atoms with E-state index in [2.05, 4.69) is 32.6 Å². The van der Waals surface area contributed by atoms with E-state index in [9.17, 15) is 0 Å². The van der Waals surface area contributed by atoms with Gasteiger partial charge in [-0.15, -0.1) is 22.0 Å². The molecule has 0 aliphatic rings. The number of halogens is 2. The van der Waals surface area contributed by atoms with Gasteiger partial charge in [-0.05, 0) is 35.9 Å². The second-order valence-electron chi connectivity index (χ2n) is 5.95. The lowest BCUT2D eigenvalue weighted by atomic mass is 10.2. The molecule has 0 atom stereocenters. The molecule has 0 saturated heterocycles. The molecule has 142 valence electrons. The van der Waals surface area contributed by atoms with Gasteiger partial charge in [-0.25, -0.2) is 4.68 Å². The maximum Gasteiger partial charge on any atom is 0.209 e. The molecule has 2 heterocycles. The molecule has 6 nitrogen and oxygen atoms in total. The Morgan fingerprint density at radius 1 is 1.07 bits per heavy atom. The molecule has 0 bridgehead atoms. The van der Waals surface area contributed by atoms with E-state index < -0.39 is 0 Å².